The smallest absolute Gasteiger partial charge is 0.248 e. The molecule has 2 rings (SSSR count). The number of para-hydroxylation sites is 1. The molecule has 0 spiro atoms. The Balaban J connectivity index is 2.43. The zero-order valence-electron chi connectivity index (χ0n) is 15.0. The van der Waals surface area contributed by atoms with Crippen LogP contribution in [-0.2, 0) is 14.8 Å². The van der Waals surface area contributed by atoms with Gasteiger partial charge >= 0.3 is 0 Å². The third-order valence-electron chi connectivity index (χ3n) is 3.79. The SMILES string of the molecule is COc1ccc(C)cc1N([C@@H](C)C(=O)Nc1ccccc1Br)S(C)(=O)=O. The molecule has 0 aliphatic heterocycles. The van der Waals surface area contributed by atoms with Gasteiger partial charge in [0.1, 0.15) is 11.8 Å². The maximum Gasteiger partial charge on any atom is 0.248 e. The number of carbonyl (C=O) groups excluding carboxylic acids is 1. The number of nitrogens with one attached hydrogen (secondary N) is 1. The largest absolute Gasteiger partial charge is 0.495 e. The van der Waals surface area contributed by atoms with Crippen molar-refractivity contribution >= 4 is 43.2 Å². The normalized spacial score (nSPS) is 12.3. The number of hydrogen-bond acceptors (Lipinski definition) is 4. The number of amides is 1. The second-order valence-electron chi connectivity index (χ2n) is 5.88. The van der Waals surface area contributed by atoms with Gasteiger partial charge in [-0.1, -0.05) is 18.2 Å². The van der Waals surface area contributed by atoms with E-state index in [-0.39, 0.29) is 0 Å². The first kappa shape index (κ1) is 20.3. The van der Waals surface area contributed by atoms with Gasteiger partial charge in [-0.3, -0.25) is 9.10 Å². The maximum absolute atomic E-state index is 12.7. The van der Waals surface area contributed by atoms with Gasteiger partial charge in [-0.2, -0.15) is 0 Å². The summed E-state index contributed by atoms with van der Waals surface area (Å²) in [6.07, 6.45) is 1.07. The van der Waals surface area contributed by atoms with Crippen molar-refractivity contribution in [3.63, 3.8) is 0 Å². The minimum atomic E-state index is -3.73. The molecule has 6 nitrogen and oxygen atoms in total. The van der Waals surface area contributed by atoms with Crippen LogP contribution >= 0.6 is 15.9 Å². The number of carbonyl (C=O) groups is 1. The lowest BCUT2D eigenvalue weighted by Crippen LogP contribution is -2.45. The Morgan fingerprint density at radius 3 is 2.46 bits per heavy atom. The van der Waals surface area contributed by atoms with Crippen molar-refractivity contribution in [1.82, 2.24) is 0 Å². The lowest BCUT2D eigenvalue weighted by Gasteiger charge is -2.29. The van der Waals surface area contributed by atoms with E-state index in [4.69, 9.17) is 4.74 Å². The summed E-state index contributed by atoms with van der Waals surface area (Å²) >= 11 is 3.36. The Morgan fingerprint density at radius 1 is 1.23 bits per heavy atom. The first-order chi connectivity index (χ1) is 12.1. The molecule has 0 aliphatic rings. The molecule has 0 saturated carbocycles. The molecule has 1 N–H and O–H groups in total. The highest BCUT2D eigenvalue weighted by Crippen LogP contribution is 2.33. The quantitative estimate of drug-likeness (QED) is 0.744. The van der Waals surface area contributed by atoms with E-state index in [1.807, 2.05) is 19.1 Å². The van der Waals surface area contributed by atoms with E-state index in [0.29, 0.717) is 21.6 Å². The number of halogens is 1. The molecule has 140 valence electrons. The van der Waals surface area contributed by atoms with E-state index < -0.39 is 22.0 Å². The molecule has 0 bridgehead atoms. The van der Waals surface area contributed by atoms with Crippen molar-refractivity contribution in [2.75, 3.05) is 23.0 Å². The van der Waals surface area contributed by atoms with Gasteiger partial charge in [-0.05, 0) is 59.6 Å². The number of nitrogens with zero attached hydrogens (tertiary/aromatic N) is 1. The van der Waals surface area contributed by atoms with E-state index in [1.165, 1.54) is 14.0 Å². The van der Waals surface area contributed by atoms with Crippen LogP contribution in [0.1, 0.15) is 12.5 Å². The summed E-state index contributed by atoms with van der Waals surface area (Å²) in [5.41, 5.74) is 1.74. The van der Waals surface area contributed by atoms with Gasteiger partial charge in [0.05, 0.1) is 24.7 Å². The average molecular weight is 441 g/mol. The fourth-order valence-corrected chi connectivity index (χ4v) is 4.11. The number of hydrogen-bond donors (Lipinski definition) is 1. The number of benzene rings is 2. The third kappa shape index (κ3) is 4.56. The summed E-state index contributed by atoms with van der Waals surface area (Å²) in [5, 5.41) is 2.75. The molecule has 0 radical (unpaired) electrons. The van der Waals surface area contributed by atoms with Gasteiger partial charge in [0.2, 0.25) is 15.9 Å². The van der Waals surface area contributed by atoms with Crippen molar-refractivity contribution in [3.8, 4) is 5.75 Å². The van der Waals surface area contributed by atoms with Crippen LogP contribution in [0.15, 0.2) is 46.9 Å². The summed E-state index contributed by atoms with van der Waals surface area (Å²) in [5.74, 6) is -0.0764. The molecular weight excluding hydrogens is 420 g/mol. The molecule has 2 aromatic carbocycles. The summed E-state index contributed by atoms with van der Waals surface area (Å²) in [4.78, 5) is 12.7. The molecule has 2 aromatic rings. The fraction of sp³-hybridized carbons (Fsp3) is 0.278. The maximum atomic E-state index is 12.7. The van der Waals surface area contributed by atoms with Crippen LogP contribution in [0.3, 0.4) is 0 Å². The zero-order valence-corrected chi connectivity index (χ0v) is 17.4. The van der Waals surface area contributed by atoms with Gasteiger partial charge < -0.3 is 10.1 Å². The van der Waals surface area contributed by atoms with Gasteiger partial charge in [0, 0.05) is 4.47 Å². The van der Waals surface area contributed by atoms with Crippen LogP contribution < -0.4 is 14.4 Å². The van der Waals surface area contributed by atoms with Crippen LogP contribution in [0.4, 0.5) is 11.4 Å². The van der Waals surface area contributed by atoms with Gasteiger partial charge in [-0.15, -0.1) is 0 Å². The standard InChI is InChI=1S/C18H21BrN2O4S/c1-12-9-10-17(25-3)16(11-12)21(26(4,23)24)13(2)18(22)20-15-8-6-5-7-14(15)19/h5-11,13H,1-4H3,(H,20,22)/t13-/m0/s1. The summed E-state index contributed by atoms with van der Waals surface area (Å²) < 4.78 is 32.0. The van der Waals surface area contributed by atoms with Crippen LogP contribution in [0.5, 0.6) is 5.75 Å². The van der Waals surface area contributed by atoms with Gasteiger partial charge in [-0.25, -0.2) is 8.42 Å². The van der Waals surface area contributed by atoms with Crippen LogP contribution in [0.25, 0.3) is 0 Å². The molecular formula is C18H21BrN2O4S. The second kappa shape index (κ2) is 8.09. The highest BCUT2D eigenvalue weighted by atomic mass is 79.9. The lowest BCUT2D eigenvalue weighted by atomic mass is 10.2. The van der Waals surface area contributed by atoms with E-state index in [0.717, 1.165) is 16.1 Å². The zero-order chi connectivity index (χ0) is 19.5. The van der Waals surface area contributed by atoms with Crippen LogP contribution in [0.2, 0.25) is 0 Å². The summed E-state index contributed by atoms with van der Waals surface area (Å²) in [7, 11) is -2.27. The first-order valence-electron chi connectivity index (χ1n) is 7.84. The van der Waals surface area contributed by atoms with Crippen molar-refractivity contribution in [2.45, 2.75) is 19.9 Å². The molecule has 0 aromatic heterocycles. The van der Waals surface area contributed by atoms with E-state index in [9.17, 15) is 13.2 Å². The Morgan fingerprint density at radius 2 is 1.88 bits per heavy atom. The van der Waals surface area contributed by atoms with E-state index in [2.05, 4.69) is 21.2 Å². The number of anilines is 2. The van der Waals surface area contributed by atoms with Crippen LogP contribution in [-0.4, -0.2) is 33.7 Å². The lowest BCUT2D eigenvalue weighted by molar-refractivity contribution is -0.116. The van der Waals surface area contributed by atoms with Gasteiger partial charge in [0.25, 0.3) is 0 Å². The monoisotopic (exact) mass is 440 g/mol. The van der Waals surface area contributed by atoms with Crippen molar-refractivity contribution in [3.05, 3.63) is 52.5 Å². The fourth-order valence-electron chi connectivity index (χ4n) is 2.55. The number of aryl methyl sites for hydroxylation is 1. The summed E-state index contributed by atoms with van der Waals surface area (Å²) in [6, 6.07) is 11.3. The third-order valence-corrected chi connectivity index (χ3v) is 5.71. The molecule has 0 saturated heterocycles. The minimum Gasteiger partial charge on any atom is -0.495 e. The predicted molar refractivity (Wildman–Crippen MR) is 107 cm³/mol. The topological polar surface area (TPSA) is 75.7 Å². The predicted octanol–water partition coefficient (Wildman–Crippen LogP) is 3.56. The minimum absolute atomic E-state index is 0.324. The number of methoxy groups -OCH3 is 1. The molecule has 0 aliphatic carbocycles. The second-order valence-corrected chi connectivity index (χ2v) is 8.59. The number of rotatable bonds is 6. The molecule has 1 amide bonds. The van der Waals surface area contributed by atoms with E-state index in [1.54, 1.807) is 30.3 Å². The molecule has 0 heterocycles. The highest BCUT2D eigenvalue weighted by Gasteiger charge is 2.31. The van der Waals surface area contributed by atoms with Gasteiger partial charge in [0.15, 0.2) is 0 Å². The molecule has 0 unspecified atom stereocenters. The molecule has 26 heavy (non-hydrogen) atoms. The Labute approximate surface area is 162 Å². The number of ether oxygens (including phenoxy) is 1. The Hall–Kier alpha value is -2.06. The van der Waals surface area contributed by atoms with Crippen molar-refractivity contribution < 1.29 is 17.9 Å². The highest BCUT2D eigenvalue weighted by molar-refractivity contribution is 9.10. The average Bonchev–Trinajstić information content (AvgIpc) is 2.56. The van der Waals surface area contributed by atoms with Crippen molar-refractivity contribution in [2.24, 2.45) is 0 Å². The van der Waals surface area contributed by atoms with Crippen LogP contribution in [0, 0.1) is 6.92 Å². The Bertz CT molecular complexity index is 915. The first-order valence-corrected chi connectivity index (χ1v) is 10.5. The molecule has 0 fully saturated rings. The molecule has 8 heteroatoms. The van der Waals surface area contributed by atoms with Crippen molar-refractivity contribution in [1.29, 1.82) is 0 Å². The number of sulfonamides is 1. The molecule has 1 atom stereocenters. The summed E-state index contributed by atoms with van der Waals surface area (Å²) in [6.45, 7) is 3.38. The van der Waals surface area contributed by atoms with E-state index >= 15 is 0 Å². The Kier molecular flexibility index (Phi) is 6.30.